The SMILES string of the molecule is COc1ccc(CN(C)C(=O)CCNS(=O)(=O)c2ccc3ccccc3c2)cc1. The van der Waals surface area contributed by atoms with Crippen molar-refractivity contribution in [2.45, 2.75) is 17.9 Å². The summed E-state index contributed by atoms with van der Waals surface area (Å²) in [4.78, 5) is 14.1. The Morgan fingerprint density at radius 3 is 2.38 bits per heavy atom. The molecule has 0 fully saturated rings. The van der Waals surface area contributed by atoms with Crippen LogP contribution in [0.4, 0.5) is 0 Å². The van der Waals surface area contributed by atoms with E-state index in [0.29, 0.717) is 6.54 Å². The molecule has 0 aliphatic heterocycles. The average Bonchev–Trinajstić information content (AvgIpc) is 2.73. The largest absolute Gasteiger partial charge is 0.497 e. The first-order chi connectivity index (χ1) is 13.9. The van der Waals surface area contributed by atoms with Crippen molar-refractivity contribution in [3.63, 3.8) is 0 Å². The fourth-order valence-corrected chi connectivity index (χ4v) is 4.06. The van der Waals surface area contributed by atoms with Crippen LogP contribution in [0.15, 0.2) is 71.6 Å². The third kappa shape index (κ3) is 5.34. The lowest BCUT2D eigenvalue weighted by molar-refractivity contribution is -0.130. The molecule has 0 radical (unpaired) electrons. The molecule has 0 aliphatic carbocycles. The van der Waals surface area contributed by atoms with Crippen molar-refractivity contribution < 1.29 is 17.9 Å². The maximum Gasteiger partial charge on any atom is 0.240 e. The van der Waals surface area contributed by atoms with Crippen molar-refractivity contribution in [1.82, 2.24) is 9.62 Å². The number of hydrogen-bond donors (Lipinski definition) is 1. The van der Waals surface area contributed by atoms with E-state index in [0.717, 1.165) is 22.1 Å². The van der Waals surface area contributed by atoms with Crippen LogP contribution in [0.3, 0.4) is 0 Å². The van der Waals surface area contributed by atoms with Crippen LogP contribution in [0.2, 0.25) is 0 Å². The van der Waals surface area contributed by atoms with Crippen molar-refractivity contribution >= 4 is 26.7 Å². The van der Waals surface area contributed by atoms with Gasteiger partial charge in [-0.2, -0.15) is 0 Å². The van der Waals surface area contributed by atoms with Gasteiger partial charge < -0.3 is 9.64 Å². The zero-order valence-corrected chi connectivity index (χ0v) is 17.3. The average molecular weight is 413 g/mol. The molecule has 0 unspecified atom stereocenters. The molecule has 0 bridgehead atoms. The zero-order chi connectivity index (χ0) is 20.9. The Bertz CT molecular complexity index is 1100. The molecule has 1 amide bonds. The summed E-state index contributed by atoms with van der Waals surface area (Å²) in [5.41, 5.74) is 0.971. The van der Waals surface area contributed by atoms with E-state index in [1.54, 1.807) is 37.3 Å². The molecular formula is C22H24N2O4S. The highest BCUT2D eigenvalue weighted by molar-refractivity contribution is 7.89. The summed E-state index contributed by atoms with van der Waals surface area (Å²) in [6.07, 6.45) is 0.0828. The highest BCUT2D eigenvalue weighted by atomic mass is 32.2. The number of rotatable bonds is 8. The Kier molecular flexibility index (Phi) is 6.51. The summed E-state index contributed by atoms with van der Waals surface area (Å²) in [5, 5.41) is 1.83. The minimum Gasteiger partial charge on any atom is -0.497 e. The summed E-state index contributed by atoms with van der Waals surface area (Å²) in [6.45, 7) is 0.487. The summed E-state index contributed by atoms with van der Waals surface area (Å²) >= 11 is 0. The van der Waals surface area contributed by atoms with Crippen LogP contribution in [-0.2, 0) is 21.4 Å². The van der Waals surface area contributed by atoms with Gasteiger partial charge in [-0.05, 0) is 40.6 Å². The quantitative estimate of drug-likeness (QED) is 0.617. The van der Waals surface area contributed by atoms with Gasteiger partial charge in [0.1, 0.15) is 5.75 Å². The van der Waals surface area contributed by atoms with Gasteiger partial charge in [-0.25, -0.2) is 13.1 Å². The Hall–Kier alpha value is -2.90. The molecule has 3 aromatic carbocycles. The van der Waals surface area contributed by atoms with E-state index in [4.69, 9.17) is 4.74 Å². The summed E-state index contributed by atoms with van der Waals surface area (Å²) < 4.78 is 32.7. The predicted molar refractivity (Wildman–Crippen MR) is 113 cm³/mol. The van der Waals surface area contributed by atoms with Crippen molar-refractivity contribution in [3.8, 4) is 5.75 Å². The standard InChI is InChI=1S/C22H24N2O4S/c1-24(16-17-7-10-20(28-2)11-8-17)22(25)13-14-23-29(26,27)21-12-9-18-5-3-4-6-19(18)15-21/h3-12,15,23H,13-14,16H2,1-2H3. The highest BCUT2D eigenvalue weighted by Gasteiger charge is 2.16. The maximum atomic E-state index is 12.5. The minimum absolute atomic E-state index is 0.0426. The number of nitrogens with zero attached hydrogens (tertiary/aromatic N) is 1. The van der Waals surface area contributed by atoms with E-state index in [1.165, 1.54) is 0 Å². The van der Waals surface area contributed by atoms with Gasteiger partial charge in [0.2, 0.25) is 15.9 Å². The van der Waals surface area contributed by atoms with Gasteiger partial charge in [-0.1, -0.05) is 42.5 Å². The van der Waals surface area contributed by atoms with E-state index >= 15 is 0 Å². The third-order valence-electron chi connectivity index (χ3n) is 4.67. The number of ether oxygens (including phenoxy) is 1. The molecule has 0 aromatic heterocycles. The molecule has 0 atom stereocenters. The number of carbonyl (C=O) groups excluding carboxylic acids is 1. The van der Waals surface area contributed by atoms with Gasteiger partial charge in [0.25, 0.3) is 0 Å². The van der Waals surface area contributed by atoms with Crippen molar-refractivity contribution in [3.05, 3.63) is 72.3 Å². The van der Waals surface area contributed by atoms with E-state index in [2.05, 4.69) is 4.72 Å². The van der Waals surface area contributed by atoms with Crippen LogP contribution >= 0.6 is 0 Å². The summed E-state index contributed by atoms with van der Waals surface area (Å²) in [6, 6.07) is 20.0. The Morgan fingerprint density at radius 2 is 1.69 bits per heavy atom. The number of methoxy groups -OCH3 is 1. The van der Waals surface area contributed by atoms with Gasteiger partial charge >= 0.3 is 0 Å². The van der Waals surface area contributed by atoms with Gasteiger partial charge in [-0.15, -0.1) is 0 Å². The molecule has 7 heteroatoms. The molecule has 0 aliphatic rings. The highest BCUT2D eigenvalue weighted by Crippen LogP contribution is 2.19. The van der Waals surface area contributed by atoms with Gasteiger partial charge in [-0.3, -0.25) is 4.79 Å². The first kappa shape index (κ1) is 20.8. The molecule has 29 heavy (non-hydrogen) atoms. The molecule has 0 saturated heterocycles. The Balaban J connectivity index is 1.54. The second-order valence-electron chi connectivity index (χ2n) is 6.75. The molecule has 0 spiro atoms. The summed E-state index contributed by atoms with van der Waals surface area (Å²) in [5.74, 6) is 0.618. The number of sulfonamides is 1. The second-order valence-corrected chi connectivity index (χ2v) is 8.52. The molecule has 0 heterocycles. The molecule has 0 saturated carbocycles. The van der Waals surface area contributed by atoms with Crippen LogP contribution < -0.4 is 9.46 Å². The lowest BCUT2D eigenvalue weighted by Crippen LogP contribution is -2.31. The fourth-order valence-electron chi connectivity index (χ4n) is 2.99. The van der Waals surface area contributed by atoms with Crippen LogP contribution in [0.25, 0.3) is 10.8 Å². The first-order valence-corrected chi connectivity index (χ1v) is 10.7. The Labute approximate surface area is 171 Å². The molecular weight excluding hydrogens is 388 g/mol. The number of hydrogen-bond acceptors (Lipinski definition) is 4. The normalized spacial score (nSPS) is 11.4. The number of nitrogens with one attached hydrogen (secondary N) is 1. The van der Waals surface area contributed by atoms with E-state index in [1.807, 2.05) is 48.5 Å². The minimum atomic E-state index is -3.67. The lowest BCUT2D eigenvalue weighted by atomic mass is 10.1. The molecule has 3 rings (SSSR count). The van der Waals surface area contributed by atoms with Gasteiger partial charge in [0.05, 0.1) is 12.0 Å². The molecule has 152 valence electrons. The molecule has 1 N–H and O–H groups in total. The van der Waals surface area contributed by atoms with Gasteiger partial charge in [0.15, 0.2) is 0 Å². The van der Waals surface area contributed by atoms with Crippen LogP contribution in [0.1, 0.15) is 12.0 Å². The zero-order valence-electron chi connectivity index (χ0n) is 16.5. The maximum absolute atomic E-state index is 12.5. The van der Waals surface area contributed by atoms with E-state index in [9.17, 15) is 13.2 Å². The van der Waals surface area contributed by atoms with Crippen LogP contribution in [0, 0.1) is 0 Å². The first-order valence-electron chi connectivity index (χ1n) is 9.24. The molecule has 6 nitrogen and oxygen atoms in total. The topological polar surface area (TPSA) is 75.7 Å². The number of amides is 1. The monoisotopic (exact) mass is 412 g/mol. The fraction of sp³-hybridized carbons (Fsp3) is 0.227. The number of fused-ring (bicyclic) bond motifs is 1. The number of benzene rings is 3. The van der Waals surface area contributed by atoms with Crippen molar-refractivity contribution in [2.24, 2.45) is 0 Å². The third-order valence-corrected chi connectivity index (χ3v) is 6.13. The summed E-state index contributed by atoms with van der Waals surface area (Å²) in [7, 11) is -0.375. The van der Waals surface area contributed by atoms with Crippen molar-refractivity contribution in [2.75, 3.05) is 20.7 Å². The van der Waals surface area contributed by atoms with Crippen LogP contribution in [-0.4, -0.2) is 39.9 Å². The van der Waals surface area contributed by atoms with Crippen molar-refractivity contribution in [1.29, 1.82) is 0 Å². The lowest BCUT2D eigenvalue weighted by Gasteiger charge is -2.17. The number of carbonyl (C=O) groups is 1. The Morgan fingerprint density at radius 1 is 1.00 bits per heavy atom. The smallest absolute Gasteiger partial charge is 0.240 e. The van der Waals surface area contributed by atoms with E-state index < -0.39 is 10.0 Å². The molecule has 3 aromatic rings. The predicted octanol–water partition coefficient (Wildman–Crippen LogP) is 3.18. The van der Waals surface area contributed by atoms with Gasteiger partial charge in [0, 0.05) is 26.6 Å². The van der Waals surface area contributed by atoms with E-state index in [-0.39, 0.29) is 23.8 Å². The van der Waals surface area contributed by atoms with Crippen LogP contribution in [0.5, 0.6) is 5.75 Å². The second kappa shape index (κ2) is 9.07.